The molecule has 0 bridgehead atoms. The van der Waals surface area contributed by atoms with Crippen LogP contribution in [0.2, 0.25) is 5.02 Å². The van der Waals surface area contributed by atoms with Crippen molar-refractivity contribution in [2.75, 3.05) is 6.61 Å². The van der Waals surface area contributed by atoms with E-state index in [1.807, 2.05) is 4.68 Å². The summed E-state index contributed by atoms with van der Waals surface area (Å²) in [6.07, 6.45) is 6.44. The Morgan fingerprint density at radius 1 is 1.45 bits per heavy atom. The van der Waals surface area contributed by atoms with E-state index in [1.54, 1.807) is 0 Å². The molecular weight excluding hydrogens is 274 g/mol. The van der Waals surface area contributed by atoms with E-state index in [-0.39, 0.29) is 6.04 Å². The molecule has 2 rings (SSSR count). The van der Waals surface area contributed by atoms with Crippen molar-refractivity contribution in [3.8, 4) is 0 Å². The Hall–Kier alpha value is -0.580. The molecule has 0 aromatic carbocycles. The lowest BCUT2D eigenvalue weighted by Gasteiger charge is -2.25. The Balaban J connectivity index is 1.99. The number of nitrogens with zero attached hydrogens (tertiary/aromatic N) is 2. The minimum absolute atomic E-state index is 0.0855. The van der Waals surface area contributed by atoms with Crippen LogP contribution in [0.25, 0.3) is 0 Å². The molecule has 1 aliphatic heterocycles. The third kappa shape index (κ3) is 3.74. The summed E-state index contributed by atoms with van der Waals surface area (Å²) in [6.45, 7) is 5.88. The maximum absolute atomic E-state index is 6.43. The van der Waals surface area contributed by atoms with Crippen molar-refractivity contribution in [2.24, 2.45) is 5.73 Å². The summed E-state index contributed by atoms with van der Waals surface area (Å²) in [7, 11) is 0. The Bertz CT molecular complexity index is 427. The molecule has 20 heavy (non-hydrogen) atoms. The molecular formula is C15H26ClN3O. The number of ether oxygens (including phenoxy) is 1. The smallest absolute Gasteiger partial charge is 0.0850 e. The highest BCUT2D eigenvalue weighted by Gasteiger charge is 2.21. The van der Waals surface area contributed by atoms with Gasteiger partial charge in [-0.3, -0.25) is 4.68 Å². The second-order valence-corrected chi connectivity index (χ2v) is 5.94. The quantitative estimate of drug-likeness (QED) is 0.878. The Morgan fingerprint density at radius 2 is 2.25 bits per heavy atom. The number of aryl methyl sites for hydroxylation is 2. The molecule has 1 aromatic heterocycles. The zero-order valence-electron chi connectivity index (χ0n) is 12.6. The van der Waals surface area contributed by atoms with E-state index < -0.39 is 0 Å². The molecule has 5 heteroatoms. The van der Waals surface area contributed by atoms with E-state index in [4.69, 9.17) is 22.1 Å². The predicted molar refractivity (Wildman–Crippen MR) is 82.2 cm³/mol. The van der Waals surface area contributed by atoms with E-state index in [0.29, 0.717) is 6.10 Å². The van der Waals surface area contributed by atoms with Gasteiger partial charge in [-0.2, -0.15) is 5.10 Å². The molecule has 0 spiro atoms. The van der Waals surface area contributed by atoms with E-state index in [2.05, 4.69) is 18.9 Å². The van der Waals surface area contributed by atoms with Crippen molar-refractivity contribution in [3.05, 3.63) is 16.4 Å². The third-order valence-electron chi connectivity index (χ3n) is 3.99. The first-order chi connectivity index (χ1) is 9.65. The van der Waals surface area contributed by atoms with E-state index in [9.17, 15) is 0 Å². The molecule has 1 aromatic rings. The molecule has 2 atom stereocenters. The van der Waals surface area contributed by atoms with Crippen LogP contribution in [0.3, 0.4) is 0 Å². The lowest BCUT2D eigenvalue weighted by Crippen LogP contribution is -2.32. The SMILES string of the molecule is CCc1nn(CC)c(CC(N)CC2CCCCO2)c1Cl. The summed E-state index contributed by atoms with van der Waals surface area (Å²) in [4.78, 5) is 0. The van der Waals surface area contributed by atoms with Gasteiger partial charge in [-0.15, -0.1) is 0 Å². The topological polar surface area (TPSA) is 53.1 Å². The van der Waals surface area contributed by atoms with Gasteiger partial charge in [0, 0.05) is 25.6 Å². The zero-order valence-corrected chi connectivity index (χ0v) is 13.3. The number of hydrogen-bond acceptors (Lipinski definition) is 3. The Morgan fingerprint density at radius 3 is 2.85 bits per heavy atom. The first-order valence-electron chi connectivity index (χ1n) is 7.76. The molecule has 1 aliphatic rings. The van der Waals surface area contributed by atoms with Gasteiger partial charge in [0.1, 0.15) is 0 Å². The minimum Gasteiger partial charge on any atom is -0.378 e. The maximum atomic E-state index is 6.43. The van der Waals surface area contributed by atoms with Gasteiger partial charge in [0.05, 0.1) is 22.5 Å². The van der Waals surface area contributed by atoms with Gasteiger partial charge in [-0.1, -0.05) is 18.5 Å². The van der Waals surface area contributed by atoms with E-state index in [1.165, 1.54) is 12.8 Å². The summed E-state index contributed by atoms with van der Waals surface area (Å²) in [5, 5.41) is 5.34. The normalized spacial score (nSPS) is 21.1. The number of halogens is 1. The molecule has 0 aliphatic carbocycles. The molecule has 2 unspecified atom stereocenters. The summed E-state index contributed by atoms with van der Waals surface area (Å²) in [6, 6.07) is 0.0855. The monoisotopic (exact) mass is 299 g/mol. The largest absolute Gasteiger partial charge is 0.378 e. The van der Waals surface area contributed by atoms with Crippen LogP contribution in [0, 0.1) is 0 Å². The predicted octanol–water partition coefficient (Wildman–Crippen LogP) is 2.95. The number of rotatable bonds is 6. The van der Waals surface area contributed by atoms with E-state index in [0.717, 1.165) is 55.2 Å². The highest BCUT2D eigenvalue weighted by molar-refractivity contribution is 6.31. The van der Waals surface area contributed by atoms with Crippen molar-refractivity contribution in [3.63, 3.8) is 0 Å². The molecule has 4 nitrogen and oxygen atoms in total. The van der Waals surface area contributed by atoms with Crippen LogP contribution in [-0.4, -0.2) is 28.5 Å². The average molecular weight is 300 g/mol. The first-order valence-corrected chi connectivity index (χ1v) is 8.14. The highest BCUT2D eigenvalue weighted by Crippen LogP contribution is 2.24. The fraction of sp³-hybridized carbons (Fsp3) is 0.800. The van der Waals surface area contributed by atoms with Gasteiger partial charge in [0.2, 0.25) is 0 Å². The summed E-state index contributed by atoms with van der Waals surface area (Å²) in [5.74, 6) is 0. The summed E-state index contributed by atoms with van der Waals surface area (Å²) < 4.78 is 7.75. The van der Waals surface area contributed by atoms with Crippen LogP contribution >= 0.6 is 11.6 Å². The number of hydrogen-bond donors (Lipinski definition) is 1. The van der Waals surface area contributed by atoms with Crippen molar-refractivity contribution in [2.45, 2.75) is 71.1 Å². The highest BCUT2D eigenvalue weighted by atomic mass is 35.5. The van der Waals surface area contributed by atoms with Gasteiger partial charge < -0.3 is 10.5 Å². The van der Waals surface area contributed by atoms with Gasteiger partial charge >= 0.3 is 0 Å². The fourth-order valence-electron chi connectivity index (χ4n) is 2.87. The lowest BCUT2D eigenvalue weighted by atomic mass is 9.99. The Kier molecular flexibility index (Phi) is 5.87. The zero-order chi connectivity index (χ0) is 14.5. The van der Waals surface area contributed by atoms with Crippen LogP contribution in [0.1, 0.15) is 50.9 Å². The van der Waals surface area contributed by atoms with Crippen LogP contribution in [-0.2, 0) is 24.1 Å². The van der Waals surface area contributed by atoms with Gasteiger partial charge in [-0.05, 0) is 39.0 Å². The minimum atomic E-state index is 0.0855. The van der Waals surface area contributed by atoms with Crippen LogP contribution in [0.4, 0.5) is 0 Å². The summed E-state index contributed by atoms with van der Waals surface area (Å²) >= 11 is 6.43. The molecule has 2 N–H and O–H groups in total. The lowest BCUT2D eigenvalue weighted by molar-refractivity contribution is 0.00738. The first kappa shape index (κ1) is 15.8. The van der Waals surface area contributed by atoms with Crippen LogP contribution in [0.15, 0.2) is 0 Å². The molecule has 0 amide bonds. The van der Waals surface area contributed by atoms with E-state index >= 15 is 0 Å². The maximum Gasteiger partial charge on any atom is 0.0850 e. The molecule has 1 saturated heterocycles. The van der Waals surface area contributed by atoms with Crippen LogP contribution in [0.5, 0.6) is 0 Å². The second-order valence-electron chi connectivity index (χ2n) is 5.57. The van der Waals surface area contributed by atoms with Crippen LogP contribution < -0.4 is 5.73 Å². The van der Waals surface area contributed by atoms with Gasteiger partial charge in [0.25, 0.3) is 0 Å². The molecule has 1 fully saturated rings. The summed E-state index contributed by atoms with van der Waals surface area (Å²) in [5.41, 5.74) is 8.35. The van der Waals surface area contributed by atoms with Crippen molar-refractivity contribution < 1.29 is 4.74 Å². The molecule has 0 radical (unpaired) electrons. The average Bonchev–Trinajstić information content (AvgIpc) is 2.76. The Labute approximate surface area is 126 Å². The number of aromatic nitrogens is 2. The second kappa shape index (κ2) is 7.43. The third-order valence-corrected chi connectivity index (χ3v) is 4.43. The van der Waals surface area contributed by atoms with Gasteiger partial charge in [-0.25, -0.2) is 0 Å². The fourth-order valence-corrected chi connectivity index (χ4v) is 3.22. The standard InChI is InChI=1S/C15H26ClN3O/c1-3-13-15(16)14(19(4-2)18-13)10-11(17)9-12-7-5-6-8-20-12/h11-12H,3-10,17H2,1-2H3. The van der Waals surface area contributed by atoms with Gasteiger partial charge in [0.15, 0.2) is 0 Å². The van der Waals surface area contributed by atoms with Crippen molar-refractivity contribution in [1.82, 2.24) is 9.78 Å². The molecule has 0 saturated carbocycles. The molecule has 2 heterocycles. The van der Waals surface area contributed by atoms with Crippen molar-refractivity contribution >= 4 is 11.6 Å². The molecule has 114 valence electrons. The number of nitrogens with two attached hydrogens (primary N) is 1. The van der Waals surface area contributed by atoms with Crippen molar-refractivity contribution in [1.29, 1.82) is 0 Å².